The van der Waals surface area contributed by atoms with Gasteiger partial charge in [-0.05, 0) is 54.4 Å². The molecule has 0 bridgehead atoms. The first kappa shape index (κ1) is 23.4. The lowest BCUT2D eigenvalue weighted by Crippen LogP contribution is -2.48. The summed E-state index contributed by atoms with van der Waals surface area (Å²) in [5, 5.41) is 4.35. The first-order valence-corrected chi connectivity index (χ1v) is 12.9. The van der Waals surface area contributed by atoms with Crippen LogP contribution in [0.2, 0.25) is 5.02 Å². The number of thiophene rings is 1. The van der Waals surface area contributed by atoms with Crippen LogP contribution >= 0.6 is 22.9 Å². The van der Waals surface area contributed by atoms with Crippen molar-refractivity contribution in [3.05, 3.63) is 93.8 Å². The minimum absolute atomic E-state index is 0.0882. The predicted molar refractivity (Wildman–Crippen MR) is 145 cm³/mol. The van der Waals surface area contributed by atoms with Crippen molar-refractivity contribution in [1.29, 1.82) is 0 Å². The molecule has 1 aliphatic heterocycles. The lowest BCUT2D eigenvalue weighted by Gasteiger charge is -2.36. The molecule has 1 aromatic heterocycles. The molecule has 0 saturated carbocycles. The van der Waals surface area contributed by atoms with Gasteiger partial charge in [0.25, 0.3) is 11.8 Å². The highest BCUT2D eigenvalue weighted by atomic mass is 35.5. The monoisotopic (exact) mass is 503 g/mol. The first-order chi connectivity index (χ1) is 17.0. The number of nitrogens with zero attached hydrogens (tertiary/aromatic N) is 2. The summed E-state index contributed by atoms with van der Waals surface area (Å²) in [6.45, 7) is 5.00. The number of piperazine rings is 1. The van der Waals surface area contributed by atoms with E-state index in [2.05, 4.69) is 17.1 Å². The van der Waals surface area contributed by atoms with Crippen molar-refractivity contribution in [2.45, 2.75) is 13.3 Å². The van der Waals surface area contributed by atoms with E-state index in [1.165, 1.54) is 16.9 Å². The van der Waals surface area contributed by atoms with Gasteiger partial charge in [-0.2, -0.15) is 0 Å². The van der Waals surface area contributed by atoms with E-state index in [0.717, 1.165) is 46.5 Å². The van der Waals surface area contributed by atoms with Crippen LogP contribution in [0.15, 0.2) is 72.8 Å². The standard InChI is InChI=1S/C28H26ClN3O2S/c1-2-19-7-9-20(10-8-19)28(34)32-17-15-31(16-18-32)22-13-11-21(12-14-22)30-27(33)26-25(29)23-5-3-4-6-24(23)35-26/h3-14H,2,15-18H2,1H3,(H,30,33). The smallest absolute Gasteiger partial charge is 0.267 e. The second-order valence-electron chi connectivity index (χ2n) is 8.57. The van der Waals surface area contributed by atoms with E-state index in [1.807, 2.05) is 77.7 Å². The number of carbonyl (C=O) groups excluding carboxylic acids is 2. The molecule has 178 valence electrons. The van der Waals surface area contributed by atoms with Crippen LogP contribution in [0.25, 0.3) is 10.1 Å². The minimum atomic E-state index is -0.206. The second kappa shape index (κ2) is 10.1. The Morgan fingerprint density at radius 1 is 0.914 bits per heavy atom. The van der Waals surface area contributed by atoms with Crippen LogP contribution in [0.5, 0.6) is 0 Å². The molecule has 7 heteroatoms. The van der Waals surface area contributed by atoms with Crippen LogP contribution < -0.4 is 10.2 Å². The van der Waals surface area contributed by atoms with Gasteiger partial charge in [0.15, 0.2) is 0 Å². The molecule has 35 heavy (non-hydrogen) atoms. The Hall–Kier alpha value is -3.35. The molecule has 3 aromatic carbocycles. The molecule has 0 aliphatic carbocycles. The Kier molecular flexibility index (Phi) is 6.75. The molecule has 5 nitrogen and oxygen atoms in total. The summed E-state index contributed by atoms with van der Waals surface area (Å²) in [5.74, 6) is -0.117. The molecule has 4 aromatic rings. The highest BCUT2D eigenvalue weighted by molar-refractivity contribution is 7.21. The number of benzene rings is 3. The van der Waals surface area contributed by atoms with Crippen LogP contribution in [0.3, 0.4) is 0 Å². The number of halogens is 1. The maximum Gasteiger partial charge on any atom is 0.267 e. The van der Waals surface area contributed by atoms with Crippen LogP contribution in [0.1, 0.15) is 32.5 Å². The summed E-state index contributed by atoms with van der Waals surface area (Å²) in [7, 11) is 0. The van der Waals surface area contributed by atoms with Gasteiger partial charge >= 0.3 is 0 Å². The number of hydrogen-bond acceptors (Lipinski definition) is 4. The predicted octanol–water partition coefficient (Wildman–Crippen LogP) is 6.33. The Morgan fingerprint density at radius 2 is 1.60 bits per heavy atom. The van der Waals surface area contributed by atoms with Crippen molar-refractivity contribution in [1.82, 2.24) is 4.90 Å². The molecule has 1 aliphatic rings. The van der Waals surface area contributed by atoms with Crippen molar-refractivity contribution in [3.8, 4) is 0 Å². The zero-order chi connectivity index (χ0) is 24.4. The Morgan fingerprint density at radius 3 is 2.26 bits per heavy atom. The molecule has 0 unspecified atom stereocenters. The lowest BCUT2D eigenvalue weighted by atomic mass is 10.1. The molecular weight excluding hydrogens is 478 g/mol. The third-order valence-electron chi connectivity index (χ3n) is 6.41. The quantitative estimate of drug-likeness (QED) is 0.346. The fourth-order valence-electron chi connectivity index (χ4n) is 4.34. The van der Waals surface area contributed by atoms with E-state index in [4.69, 9.17) is 11.6 Å². The number of rotatable bonds is 5. The van der Waals surface area contributed by atoms with E-state index in [-0.39, 0.29) is 11.8 Å². The SMILES string of the molecule is CCc1ccc(C(=O)N2CCN(c3ccc(NC(=O)c4sc5ccccc5c4Cl)cc3)CC2)cc1. The van der Waals surface area contributed by atoms with Crippen LogP contribution in [0.4, 0.5) is 11.4 Å². The normalized spacial score (nSPS) is 13.8. The molecule has 0 radical (unpaired) electrons. The highest BCUT2D eigenvalue weighted by Gasteiger charge is 2.22. The van der Waals surface area contributed by atoms with Crippen LogP contribution in [0, 0.1) is 0 Å². The van der Waals surface area contributed by atoms with Crippen molar-refractivity contribution >= 4 is 56.2 Å². The summed E-state index contributed by atoms with van der Waals surface area (Å²) in [4.78, 5) is 30.4. The molecule has 5 rings (SSSR count). The van der Waals surface area contributed by atoms with Gasteiger partial charge in [-0.3, -0.25) is 9.59 Å². The Balaban J connectivity index is 1.19. The van der Waals surface area contributed by atoms with Crippen molar-refractivity contribution in [3.63, 3.8) is 0 Å². The Bertz CT molecular complexity index is 1360. The highest BCUT2D eigenvalue weighted by Crippen LogP contribution is 2.35. The summed E-state index contributed by atoms with van der Waals surface area (Å²) in [6, 6.07) is 23.5. The van der Waals surface area contributed by atoms with Crippen molar-refractivity contribution in [2.24, 2.45) is 0 Å². The van der Waals surface area contributed by atoms with E-state index >= 15 is 0 Å². The zero-order valence-corrected chi connectivity index (χ0v) is 21.0. The van der Waals surface area contributed by atoms with E-state index in [9.17, 15) is 9.59 Å². The number of carbonyl (C=O) groups is 2. The molecular formula is C28H26ClN3O2S. The number of aryl methyl sites for hydroxylation is 1. The average molecular weight is 504 g/mol. The summed E-state index contributed by atoms with van der Waals surface area (Å²) < 4.78 is 0.994. The topological polar surface area (TPSA) is 52.7 Å². The summed E-state index contributed by atoms with van der Waals surface area (Å²) in [6.07, 6.45) is 0.967. The zero-order valence-electron chi connectivity index (χ0n) is 19.5. The van der Waals surface area contributed by atoms with E-state index < -0.39 is 0 Å². The van der Waals surface area contributed by atoms with E-state index in [1.54, 1.807) is 0 Å². The number of amides is 2. The van der Waals surface area contributed by atoms with Crippen LogP contribution in [-0.4, -0.2) is 42.9 Å². The maximum absolute atomic E-state index is 12.8. The molecule has 0 spiro atoms. The van der Waals surface area contributed by atoms with Gasteiger partial charge in [0.1, 0.15) is 4.88 Å². The maximum atomic E-state index is 12.8. The fraction of sp³-hybridized carbons (Fsp3) is 0.214. The molecule has 2 heterocycles. The lowest BCUT2D eigenvalue weighted by molar-refractivity contribution is 0.0746. The minimum Gasteiger partial charge on any atom is -0.368 e. The fourth-order valence-corrected chi connectivity index (χ4v) is 5.75. The van der Waals surface area contributed by atoms with Gasteiger partial charge < -0.3 is 15.1 Å². The van der Waals surface area contributed by atoms with Gasteiger partial charge in [-0.15, -0.1) is 11.3 Å². The average Bonchev–Trinajstić information content (AvgIpc) is 3.25. The molecule has 0 atom stereocenters. The second-order valence-corrected chi connectivity index (χ2v) is 10.0. The van der Waals surface area contributed by atoms with Gasteiger partial charge in [-0.1, -0.05) is 48.9 Å². The number of hydrogen-bond donors (Lipinski definition) is 1. The number of anilines is 2. The molecule has 1 fully saturated rings. The number of nitrogens with one attached hydrogen (secondary N) is 1. The third kappa shape index (κ3) is 4.90. The summed E-state index contributed by atoms with van der Waals surface area (Å²) >= 11 is 7.84. The molecule has 2 amide bonds. The van der Waals surface area contributed by atoms with Crippen molar-refractivity contribution < 1.29 is 9.59 Å². The van der Waals surface area contributed by atoms with Crippen LogP contribution in [-0.2, 0) is 6.42 Å². The third-order valence-corrected chi connectivity index (χ3v) is 8.08. The van der Waals surface area contributed by atoms with Gasteiger partial charge in [0, 0.05) is 53.2 Å². The molecule has 1 saturated heterocycles. The largest absolute Gasteiger partial charge is 0.368 e. The van der Waals surface area contributed by atoms with Crippen molar-refractivity contribution in [2.75, 3.05) is 36.4 Å². The Labute approximate surface area is 213 Å². The van der Waals surface area contributed by atoms with Gasteiger partial charge in [0.2, 0.25) is 0 Å². The van der Waals surface area contributed by atoms with Gasteiger partial charge in [0.05, 0.1) is 5.02 Å². The van der Waals surface area contributed by atoms with E-state index in [0.29, 0.717) is 23.0 Å². The van der Waals surface area contributed by atoms with Gasteiger partial charge in [-0.25, -0.2) is 0 Å². The number of fused-ring (bicyclic) bond motifs is 1. The first-order valence-electron chi connectivity index (χ1n) is 11.7. The summed E-state index contributed by atoms with van der Waals surface area (Å²) in [5.41, 5.74) is 3.77. The molecule has 1 N–H and O–H groups in total.